The van der Waals surface area contributed by atoms with Crippen LogP contribution in [0.1, 0.15) is 37.3 Å². The van der Waals surface area contributed by atoms with Crippen LogP contribution in [0, 0.1) is 11.6 Å². The molecule has 1 fully saturated rings. The maximum absolute atomic E-state index is 13.5. The van der Waals surface area contributed by atoms with E-state index in [4.69, 9.17) is 10.5 Å². The Morgan fingerprint density at radius 1 is 1.41 bits per heavy atom. The van der Waals surface area contributed by atoms with Gasteiger partial charge >= 0.3 is 0 Å². The Labute approximate surface area is 99.8 Å². The Hall–Kier alpha value is -1.00. The molecule has 1 aliphatic carbocycles. The van der Waals surface area contributed by atoms with Gasteiger partial charge in [-0.15, -0.1) is 0 Å². The highest BCUT2D eigenvalue weighted by Gasteiger charge is 2.38. The SMILES string of the molecule is COC1(CC(N)c2ccc(F)cc2F)CCC1. The molecular formula is C13H17F2NO. The van der Waals surface area contributed by atoms with Gasteiger partial charge in [0.1, 0.15) is 11.6 Å². The van der Waals surface area contributed by atoms with Crippen molar-refractivity contribution in [2.24, 2.45) is 5.73 Å². The third-order valence-corrected chi connectivity index (χ3v) is 3.65. The quantitative estimate of drug-likeness (QED) is 0.879. The molecule has 0 bridgehead atoms. The van der Waals surface area contributed by atoms with Crippen LogP contribution in [0.15, 0.2) is 18.2 Å². The van der Waals surface area contributed by atoms with Gasteiger partial charge in [0.2, 0.25) is 0 Å². The monoisotopic (exact) mass is 241 g/mol. The Kier molecular flexibility index (Phi) is 3.45. The molecule has 1 aromatic carbocycles. The highest BCUT2D eigenvalue weighted by molar-refractivity contribution is 5.22. The van der Waals surface area contributed by atoms with E-state index in [0.29, 0.717) is 12.0 Å². The lowest BCUT2D eigenvalue weighted by Crippen LogP contribution is -2.42. The molecule has 1 aromatic rings. The lowest BCUT2D eigenvalue weighted by Gasteiger charge is -2.42. The summed E-state index contributed by atoms with van der Waals surface area (Å²) in [7, 11) is 1.66. The summed E-state index contributed by atoms with van der Waals surface area (Å²) in [5.41, 5.74) is 6.12. The van der Waals surface area contributed by atoms with Crippen LogP contribution < -0.4 is 5.73 Å². The molecule has 0 aromatic heterocycles. The maximum Gasteiger partial charge on any atom is 0.130 e. The van der Waals surface area contributed by atoms with Gasteiger partial charge in [-0.3, -0.25) is 0 Å². The van der Waals surface area contributed by atoms with Gasteiger partial charge in [0, 0.05) is 24.8 Å². The second-order valence-electron chi connectivity index (χ2n) is 4.72. The van der Waals surface area contributed by atoms with E-state index in [-0.39, 0.29) is 5.60 Å². The average Bonchev–Trinajstić information content (AvgIpc) is 2.23. The molecule has 2 rings (SSSR count). The van der Waals surface area contributed by atoms with Crippen molar-refractivity contribution >= 4 is 0 Å². The zero-order valence-corrected chi connectivity index (χ0v) is 9.88. The molecule has 2 N–H and O–H groups in total. The summed E-state index contributed by atoms with van der Waals surface area (Å²) in [4.78, 5) is 0. The highest BCUT2D eigenvalue weighted by atomic mass is 19.1. The van der Waals surface area contributed by atoms with Crippen LogP contribution in [0.5, 0.6) is 0 Å². The predicted molar refractivity (Wildman–Crippen MR) is 61.5 cm³/mol. The maximum atomic E-state index is 13.5. The molecule has 1 atom stereocenters. The van der Waals surface area contributed by atoms with Crippen molar-refractivity contribution in [2.45, 2.75) is 37.3 Å². The summed E-state index contributed by atoms with van der Waals surface area (Å²) in [6.07, 6.45) is 3.61. The van der Waals surface area contributed by atoms with Gasteiger partial charge in [-0.05, 0) is 31.7 Å². The lowest BCUT2D eigenvalue weighted by molar-refractivity contribution is -0.0818. The first-order valence-electron chi connectivity index (χ1n) is 5.82. The van der Waals surface area contributed by atoms with Gasteiger partial charge in [-0.25, -0.2) is 8.78 Å². The molecule has 0 aliphatic heterocycles. The van der Waals surface area contributed by atoms with Crippen LogP contribution in [0.3, 0.4) is 0 Å². The van der Waals surface area contributed by atoms with Gasteiger partial charge in [0.05, 0.1) is 5.60 Å². The zero-order chi connectivity index (χ0) is 12.5. The van der Waals surface area contributed by atoms with Gasteiger partial charge < -0.3 is 10.5 Å². The van der Waals surface area contributed by atoms with Crippen LogP contribution >= 0.6 is 0 Å². The van der Waals surface area contributed by atoms with Crippen LogP contribution in [0.2, 0.25) is 0 Å². The normalized spacial score (nSPS) is 19.8. The fourth-order valence-electron chi connectivity index (χ4n) is 2.38. The van der Waals surface area contributed by atoms with E-state index < -0.39 is 17.7 Å². The third-order valence-electron chi connectivity index (χ3n) is 3.65. The topological polar surface area (TPSA) is 35.2 Å². The minimum Gasteiger partial charge on any atom is -0.378 e. The summed E-state index contributed by atoms with van der Waals surface area (Å²) in [5.74, 6) is -1.16. The number of rotatable bonds is 4. The van der Waals surface area contributed by atoms with Crippen molar-refractivity contribution in [2.75, 3.05) is 7.11 Å². The van der Waals surface area contributed by atoms with E-state index in [1.807, 2.05) is 0 Å². The molecule has 1 aliphatic rings. The van der Waals surface area contributed by atoms with E-state index in [1.165, 1.54) is 12.1 Å². The summed E-state index contributed by atoms with van der Waals surface area (Å²) >= 11 is 0. The van der Waals surface area contributed by atoms with E-state index in [2.05, 4.69) is 0 Å². The second-order valence-corrected chi connectivity index (χ2v) is 4.72. The summed E-state index contributed by atoms with van der Waals surface area (Å²) < 4.78 is 31.8. The van der Waals surface area contributed by atoms with E-state index in [9.17, 15) is 8.78 Å². The minimum atomic E-state index is -0.580. The first-order chi connectivity index (χ1) is 8.06. The number of halogens is 2. The Balaban J connectivity index is 2.11. The Bertz CT molecular complexity index is 399. The Morgan fingerprint density at radius 2 is 2.12 bits per heavy atom. The summed E-state index contributed by atoms with van der Waals surface area (Å²) in [6.45, 7) is 0. The molecule has 0 amide bonds. The van der Waals surface area contributed by atoms with Crippen LogP contribution in [0.25, 0.3) is 0 Å². The van der Waals surface area contributed by atoms with Gasteiger partial charge in [-0.1, -0.05) is 6.07 Å². The molecule has 0 heterocycles. The van der Waals surface area contributed by atoms with Crippen molar-refractivity contribution in [3.63, 3.8) is 0 Å². The number of hydrogen-bond donors (Lipinski definition) is 1. The van der Waals surface area contributed by atoms with Crippen molar-refractivity contribution in [3.05, 3.63) is 35.4 Å². The van der Waals surface area contributed by atoms with Crippen LogP contribution in [-0.2, 0) is 4.74 Å². The van der Waals surface area contributed by atoms with E-state index in [1.54, 1.807) is 7.11 Å². The number of hydrogen-bond acceptors (Lipinski definition) is 2. The van der Waals surface area contributed by atoms with Gasteiger partial charge in [0.15, 0.2) is 0 Å². The lowest BCUT2D eigenvalue weighted by atomic mass is 9.75. The molecule has 2 nitrogen and oxygen atoms in total. The van der Waals surface area contributed by atoms with E-state index in [0.717, 1.165) is 25.3 Å². The van der Waals surface area contributed by atoms with Crippen LogP contribution in [0.4, 0.5) is 8.78 Å². The first kappa shape index (κ1) is 12.5. The van der Waals surface area contributed by atoms with Gasteiger partial charge in [-0.2, -0.15) is 0 Å². The molecule has 1 saturated carbocycles. The molecule has 17 heavy (non-hydrogen) atoms. The van der Waals surface area contributed by atoms with Crippen molar-refractivity contribution < 1.29 is 13.5 Å². The standard InChI is InChI=1S/C13H17F2NO/c1-17-13(5-2-6-13)8-12(16)10-4-3-9(14)7-11(10)15/h3-4,7,12H,2,5-6,8,16H2,1H3. The largest absolute Gasteiger partial charge is 0.378 e. The minimum absolute atomic E-state index is 0.208. The number of nitrogens with two attached hydrogens (primary N) is 1. The smallest absolute Gasteiger partial charge is 0.130 e. The number of ether oxygens (including phenoxy) is 1. The predicted octanol–water partition coefficient (Wildman–Crippen LogP) is 2.92. The van der Waals surface area contributed by atoms with E-state index >= 15 is 0 Å². The molecule has 0 radical (unpaired) electrons. The van der Waals surface area contributed by atoms with Crippen LogP contribution in [-0.4, -0.2) is 12.7 Å². The van der Waals surface area contributed by atoms with Crippen molar-refractivity contribution in [1.82, 2.24) is 0 Å². The first-order valence-corrected chi connectivity index (χ1v) is 5.82. The summed E-state index contributed by atoms with van der Waals surface area (Å²) in [6, 6.07) is 3.07. The number of methoxy groups -OCH3 is 1. The second kappa shape index (κ2) is 4.70. The average molecular weight is 241 g/mol. The number of benzene rings is 1. The molecular weight excluding hydrogens is 224 g/mol. The molecule has 0 spiro atoms. The van der Waals surface area contributed by atoms with Gasteiger partial charge in [0.25, 0.3) is 0 Å². The zero-order valence-electron chi connectivity index (χ0n) is 9.88. The fourth-order valence-corrected chi connectivity index (χ4v) is 2.38. The fraction of sp³-hybridized carbons (Fsp3) is 0.538. The highest BCUT2D eigenvalue weighted by Crippen LogP contribution is 2.41. The molecule has 0 saturated heterocycles. The summed E-state index contributed by atoms with van der Waals surface area (Å²) in [5, 5.41) is 0. The molecule has 4 heteroatoms. The van der Waals surface area contributed by atoms with Crippen molar-refractivity contribution in [3.8, 4) is 0 Å². The molecule has 1 unspecified atom stereocenters. The Morgan fingerprint density at radius 3 is 2.59 bits per heavy atom. The third kappa shape index (κ3) is 2.48. The van der Waals surface area contributed by atoms with Crippen molar-refractivity contribution in [1.29, 1.82) is 0 Å². The molecule has 94 valence electrons.